The number of aldehydes is 1. The van der Waals surface area contributed by atoms with Gasteiger partial charge in [0.05, 0.1) is 0 Å². The van der Waals surface area contributed by atoms with E-state index in [9.17, 15) is 32.3 Å². The number of benzene rings is 1. The monoisotopic (exact) mass is 362 g/mol. The van der Waals surface area contributed by atoms with Crippen LogP contribution in [0.15, 0.2) is 24.3 Å². The highest BCUT2D eigenvalue weighted by Gasteiger charge is 2.28. The third kappa shape index (κ3) is 8.93. The number of hydrogen-bond donors (Lipinski definition) is 2. The van der Waals surface area contributed by atoms with Crippen molar-refractivity contribution in [3.05, 3.63) is 29.8 Å². The van der Waals surface area contributed by atoms with Gasteiger partial charge < -0.3 is 14.8 Å². The highest BCUT2D eigenvalue weighted by molar-refractivity contribution is 5.95. The van der Waals surface area contributed by atoms with Gasteiger partial charge in [0.2, 0.25) is 0 Å². The second-order valence-electron chi connectivity index (χ2n) is 4.48. The number of esters is 1. The number of hydrogen-bond acceptors (Lipinski definition) is 6. The molecule has 0 heterocycles. The molecule has 0 atom stereocenters. The minimum absolute atomic E-state index is 0.276. The van der Waals surface area contributed by atoms with Crippen LogP contribution in [0, 0.1) is 0 Å². The Morgan fingerprint density at radius 3 is 2.28 bits per heavy atom. The van der Waals surface area contributed by atoms with Crippen LogP contribution in [-0.2, 0) is 14.3 Å². The molecule has 1 aromatic carbocycles. The first-order valence-electron chi connectivity index (χ1n) is 6.67. The SMILES string of the molecule is O=Cc1ccc(OCC(=O)OCC(=O)NC(=O)NCC(F)(F)F)cc1. The third-order valence-electron chi connectivity index (χ3n) is 2.44. The van der Waals surface area contributed by atoms with Crippen LogP contribution in [0.25, 0.3) is 0 Å². The second kappa shape index (κ2) is 9.25. The molecule has 0 aliphatic heterocycles. The number of urea groups is 1. The first-order chi connectivity index (χ1) is 11.7. The van der Waals surface area contributed by atoms with Crippen LogP contribution < -0.4 is 15.4 Å². The van der Waals surface area contributed by atoms with Crippen LogP contribution in [0.1, 0.15) is 10.4 Å². The Hall–Kier alpha value is -3.11. The van der Waals surface area contributed by atoms with Gasteiger partial charge in [-0.2, -0.15) is 13.2 Å². The minimum atomic E-state index is -4.62. The molecule has 0 aliphatic rings. The molecule has 0 aromatic heterocycles. The van der Waals surface area contributed by atoms with Gasteiger partial charge in [-0.15, -0.1) is 0 Å². The number of imide groups is 1. The summed E-state index contributed by atoms with van der Waals surface area (Å²) in [6, 6.07) is 4.43. The van der Waals surface area contributed by atoms with Crippen molar-refractivity contribution in [2.45, 2.75) is 6.18 Å². The van der Waals surface area contributed by atoms with Crippen molar-refractivity contribution >= 4 is 24.2 Å². The molecule has 0 saturated carbocycles. The molecule has 0 aliphatic carbocycles. The van der Waals surface area contributed by atoms with Crippen molar-refractivity contribution in [2.75, 3.05) is 19.8 Å². The normalized spacial score (nSPS) is 10.5. The summed E-state index contributed by atoms with van der Waals surface area (Å²) in [6.07, 6.45) is -3.99. The Labute approximate surface area is 139 Å². The van der Waals surface area contributed by atoms with E-state index in [1.165, 1.54) is 29.6 Å². The first-order valence-corrected chi connectivity index (χ1v) is 6.67. The van der Waals surface area contributed by atoms with Crippen LogP contribution in [-0.4, -0.2) is 50.1 Å². The Balaban J connectivity index is 2.25. The molecule has 0 bridgehead atoms. The fraction of sp³-hybridized carbons (Fsp3) is 0.286. The topological polar surface area (TPSA) is 111 Å². The number of nitrogens with one attached hydrogen (secondary N) is 2. The summed E-state index contributed by atoms with van der Waals surface area (Å²) in [5, 5.41) is 2.97. The van der Waals surface area contributed by atoms with Crippen molar-refractivity contribution in [1.82, 2.24) is 10.6 Å². The quantitative estimate of drug-likeness (QED) is 0.549. The van der Waals surface area contributed by atoms with Crippen LogP contribution >= 0.6 is 0 Å². The van der Waals surface area contributed by atoms with E-state index in [4.69, 9.17) is 4.74 Å². The van der Waals surface area contributed by atoms with Crippen molar-refractivity contribution in [3.63, 3.8) is 0 Å². The number of amides is 3. The Bertz CT molecular complexity index is 630. The smallest absolute Gasteiger partial charge is 0.405 e. The summed E-state index contributed by atoms with van der Waals surface area (Å²) in [4.78, 5) is 44.0. The second-order valence-corrected chi connectivity index (χ2v) is 4.48. The average Bonchev–Trinajstić information content (AvgIpc) is 2.56. The maximum absolute atomic E-state index is 11.8. The summed E-state index contributed by atoms with van der Waals surface area (Å²) in [6.45, 7) is -3.03. The number of halogens is 3. The highest BCUT2D eigenvalue weighted by atomic mass is 19.4. The Kier molecular flexibility index (Phi) is 7.38. The van der Waals surface area contributed by atoms with E-state index >= 15 is 0 Å². The molecule has 0 radical (unpaired) electrons. The molecule has 1 rings (SSSR count). The predicted octanol–water partition coefficient (Wildman–Crippen LogP) is 0.809. The first kappa shape index (κ1) is 19.9. The zero-order valence-electron chi connectivity index (χ0n) is 12.6. The van der Waals surface area contributed by atoms with E-state index in [1.54, 1.807) is 5.32 Å². The largest absolute Gasteiger partial charge is 0.482 e. The van der Waals surface area contributed by atoms with Crippen LogP contribution in [0.3, 0.4) is 0 Å². The lowest BCUT2D eigenvalue weighted by molar-refractivity contribution is -0.150. The fourth-order valence-corrected chi connectivity index (χ4v) is 1.36. The van der Waals surface area contributed by atoms with E-state index in [-0.39, 0.29) is 5.75 Å². The van der Waals surface area contributed by atoms with Gasteiger partial charge in [-0.3, -0.25) is 14.9 Å². The molecular formula is C14H13F3N2O6. The van der Waals surface area contributed by atoms with Gasteiger partial charge in [-0.1, -0.05) is 0 Å². The Morgan fingerprint density at radius 1 is 1.08 bits per heavy atom. The number of carbonyl (C=O) groups excluding carboxylic acids is 4. The molecule has 3 amide bonds. The zero-order valence-corrected chi connectivity index (χ0v) is 12.6. The van der Waals surface area contributed by atoms with Crippen molar-refractivity contribution < 1.29 is 41.8 Å². The number of carbonyl (C=O) groups is 4. The third-order valence-corrected chi connectivity index (χ3v) is 2.44. The summed E-state index contributed by atoms with van der Waals surface area (Å²) >= 11 is 0. The van der Waals surface area contributed by atoms with Gasteiger partial charge in [-0.25, -0.2) is 9.59 Å². The molecule has 0 spiro atoms. The number of rotatable bonds is 7. The van der Waals surface area contributed by atoms with Crippen molar-refractivity contribution in [1.29, 1.82) is 0 Å². The van der Waals surface area contributed by atoms with Crippen LogP contribution in [0.5, 0.6) is 5.75 Å². The zero-order chi connectivity index (χ0) is 18.9. The lowest BCUT2D eigenvalue weighted by atomic mass is 10.2. The maximum Gasteiger partial charge on any atom is 0.405 e. The molecule has 25 heavy (non-hydrogen) atoms. The lowest BCUT2D eigenvalue weighted by Crippen LogP contribution is -2.44. The average molecular weight is 362 g/mol. The summed E-state index contributed by atoms with van der Waals surface area (Å²) in [7, 11) is 0. The standard InChI is InChI=1S/C14H13F3N2O6/c15-14(16,17)8-18-13(23)19-11(21)6-25-12(22)7-24-10-3-1-9(5-20)2-4-10/h1-5H,6-8H2,(H2,18,19,21,23). The molecule has 0 fully saturated rings. The van der Waals surface area contributed by atoms with Crippen molar-refractivity contribution in [2.24, 2.45) is 0 Å². The molecule has 0 unspecified atom stereocenters. The predicted molar refractivity (Wildman–Crippen MR) is 75.9 cm³/mol. The van der Waals surface area contributed by atoms with Gasteiger partial charge in [0, 0.05) is 5.56 Å². The molecule has 11 heteroatoms. The minimum Gasteiger partial charge on any atom is -0.482 e. The van der Waals surface area contributed by atoms with Gasteiger partial charge in [0.25, 0.3) is 5.91 Å². The summed E-state index contributed by atoms with van der Waals surface area (Å²) in [5.41, 5.74) is 0.412. The van der Waals surface area contributed by atoms with Crippen LogP contribution in [0.4, 0.5) is 18.0 Å². The summed E-state index contributed by atoms with van der Waals surface area (Å²) < 4.78 is 45.1. The maximum atomic E-state index is 11.8. The fourth-order valence-electron chi connectivity index (χ4n) is 1.36. The molecule has 8 nitrogen and oxygen atoms in total. The van der Waals surface area contributed by atoms with Gasteiger partial charge in [-0.05, 0) is 24.3 Å². The van der Waals surface area contributed by atoms with Crippen molar-refractivity contribution in [3.8, 4) is 5.75 Å². The molecular weight excluding hydrogens is 349 g/mol. The van der Waals surface area contributed by atoms with E-state index < -0.39 is 43.8 Å². The highest BCUT2D eigenvalue weighted by Crippen LogP contribution is 2.12. The summed E-state index contributed by atoms with van der Waals surface area (Å²) in [5.74, 6) is -1.77. The van der Waals surface area contributed by atoms with Gasteiger partial charge >= 0.3 is 18.2 Å². The van der Waals surface area contributed by atoms with E-state index in [1.807, 2.05) is 0 Å². The van der Waals surface area contributed by atoms with Gasteiger partial charge in [0.15, 0.2) is 13.2 Å². The van der Waals surface area contributed by atoms with E-state index in [2.05, 4.69) is 4.74 Å². The van der Waals surface area contributed by atoms with Crippen LogP contribution in [0.2, 0.25) is 0 Å². The number of ether oxygens (including phenoxy) is 2. The molecule has 1 aromatic rings. The van der Waals surface area contributed by atoms with E-state index in [0.717, 1.165) is 0 Å². The lowest BCUT2D eigenvalue weighted by Gasteiger charge is -2.09. The molecule has 0 saturated heterocycles. The van der Waals surface area contributed by atoms with E-state index in [0.29, 0.717) is 11.8 Å². The molecule has 2 N–H and O–H groups in total. The number of alkyl halides is 3. The Morgan fingerprint density at radius 2 is 1.72 bits per heavy atom. The van der Waals surface area contributed by atoms with Gasteiger partial charge in [0.1, 0.15) is 18.6 Å². The molecule has 136 valence electrons.